The summed E-state index contributed by atoms with van der Waals surface area (Å²) in [5, 5.41) is 12.5. The van der Waals surface area contributed by atoms with Gasteiger partial charge < -0.3 is 14.8 Å². The molecular weight excluding hydrogens is 228 g/mol. The van der Waals surface area contributed by atoms with E-state index in [1.54, 1.807) is 20.3 Å². The fourth-order valence-electron chi connectivity index (χ4n) is 2.46. The second-order valence-corrected chi connectivity index (χ2v) is 4.48. The van der Waals surface area contributed by atoms with Crippen LogP contribution in [0.2, 0.25) is 0 Å². The summed E-state index contributed by atoms with van der Waals surface area (Å²) >= 11 is 0. The van der Waals surface area contributed by atoms with Gasteiger partial charge in [-0.15, -0.1) is 0 Å². The first kappa shape index (κ1) is 12.7. The maximum Gasteiger partial charge on any atom is 0.164 e. The zero-order valence-corrected chi connectivity index (χ0v) is 10.8. The third kappa shape index (κ3) is 2.57. The van der Waals surface area contributed by atoms with E-state index in [9.17, 15) is 0 Å². The molecule has 1 saturated heterocycles. The average molecular weight is 246 g/mol. The summed E-state index contributed by atoms with van der Waals surface area (Å²) in [6, 6.07) is 6.24. The molecule has 0 spiro atoms. The predicted molar refractivity (Wildman–Crippen MR) is 69.0 cm³/mol. The van der Waals surface area contributed by atoms with Crippen molar-refractivity contribution in [2.24, 2.45) is 0 Å². The maximum absolute atomic E-state index is 9.04. The Labute approximate surface area is 108 Å². The lowest BCUT2D eigenvalue weighted by atomic mass is 10.0. The number of rotatable bonds is 4. The number of ether oxygens (including phenoxy) is 2. The van der Waals surface area contributed by atoms with Crippen LogP contribution >= 0.6 is 0 Å². The number of nitrogens with one attached hydrogen (secondary N) is 1. The Morgan fingerprint density at radius 1 is 1.39 bits per heavy atom. The first-order valence-corrected chi connectivity index (χ1v) is 6.17. The summed E-state index contributed by atoms with van der Waals surface area (Å²) in [4.78, 5) is 0. The van der Waals surface area contributed by atoms with E-state index < -0.39 is 0 Å². The molecule has 4 heteroatoms. The Hall–Kier alpha value is -1.73. The highest BCUT2D eigenvalue weighted by atomic mass is 16.5. The summed E-state index contributed by atoms with van der Waals surface area (Å²) in [6.07, 6.45) is 3.25. The fraction of sp³-hybridized carbons (Fsp3) is 0.500. The molecule has 96 valence electrons. The lowest BCUT2D eigenvalue weighted by molar-refractivity contribution is 0.350. The SMILES string of the molecule is COc1cc(C#N)cc(CC2CCCN2)c1OC. The summed E-state index contributed by atoms with van der Waals surface area (Å²) < 4.78 is 10.7. The van der Waals surface area contributed by atoms with Crippen molar-refractivity contribution in [1.82, 2.24) is 5.32 Å². The highest BCUT2D eigenvalue weighted by Gasteiger charge is 2.19. The summed E-state index contributed by atoms with van der Waals surface area (Å²) in [5.41, 5.74) is 1.65. The number of hydrogen-bond acceptors (Lipinski definition) is 4. The lowest BCUT2D eigenvalue weighted by Gasteiger charge is -2.16. The molecule has 1 fully saturated rings. The van der Waals surface area contributed by atoms with Crippen LogP contribution in [0, 0.1) is 11.3 Å². The quantitative estimate of drug-likeness (QED) is 0.881. The van der Waals surface area contributed by atoms with E-state index in [2.05, 4.69) is 11.4 Å². The van der Waals surface area contributed by atoms with E-state index in [1.807, 2.05) is 6.07 Å². The maximum atomic E-state index is 9.04. The van der Waals surface area contributed by atoms with Crippen molar-refractivity contribution in [3.63, 3.8) is 0 Å². The molecule has 0 saturated carbocycles. The van der Waals surface area contributed by atoms with Gasteiger partial charge in [-0.25, -0.2) is 0 Å². The Kier molecular flexibility index (Phi) is 4.06. The number of methoxy groups -OCH3 is 2. The van der Waals surface area contributed by atoms with E-state index in [1.165, 1.54) is 12.8 Å². The molecule has 1 aromatic carbocycles. The average Bonchev–Trinajstić information content (AvgIpc) is 2.90. The molecule has 1 atom stereocenters. The minimum absolute atomic E-state index is 0.470. The van der Waals surface area contributed by atoms with Crippen LogP contribution in [-0.2, 0) is 6.42 Å². The van der Waals surface area contributed by atoms with E-state index in [4.69, 9.17) is 14.7 Å². The topological polar surface area (TPSA) is 54.3 Å². The van der Waals surface area contributed by atoms with Gasteiger partial charge in [0.2, 0.25) is 0 Å². The Morgan fingerprint density at radius 2 is 2.22 bits per heavy atom. The van der Waals surface area contributed by atoms with Crippen LogP contribution < -0.4 is 14.8 Å². The summed E-state index contributed by atoms with van der Waals surface area (Å²) in [7, 11) is 3.23. The van der Waals surface area contributed by atoms with Gasteiger partial charge in [0.05, 0.1) is 25.9 Å². The monoisotopic (exact) mass is 246 g/mol. The van der Waals surface area contributed by atoms with Gasteiger partial charge >= 0.3 is 0 Å². The molecule has 0 radical (unpaired) electrons. The lowest BCUT2D eigenvalue weighted by Crippen LogP contribution is -2.24. The molecule has 0 bridgehead atoms. The van der Waals surface area contributed by atoms with Gasteiger partial charge in [-0.1, -0.05) is 0 Å². The van der Waals surface area contributed by atoms with Crippen LogP contribution in [0.15, 0.2) is 12.1 Å². The van der Waals surface area contributed by atoms with Crippen molar-refractivity contribution in [2.75, 3.05) is 20.8 Å². The molecule has 0 aliphatic carbocycles. The molecule has 1 aliphatic rings. The van der Waals surface area contributed by atoms with Gasteiger partial charge in [-0.05, 0) is 31.9 Å². The standard InChI is InChI=1S/C14H18N2O2/c1-17-13-7-10(9-15)6-11(14(13)18-2)8-12-4-3-5-16-12/h6-7,12,16H,3-5,8H2,1-2H3. The first-order chi connectivity index (χ1) is 8.78. The van der Waals surface area contributed by atoms with E-state index in [0.717, 1.165) is 24.3 Å². The molecule has 0 aromatic heterocycles. The van der Waals surface area contributed by atoms with Crippen LogP contribution in [0.25, 0.3) is 0 Å². The van der Waals surface area contributed by atoms with Gasteiger partial charge in [0.25, 0.3) is 0 Å². The van der Waals surface area contributed by atoms with Crippen molar-refractivity contribution in [1.29, 1.82) is 5.26 Å². The number of nitrogens with zero attached hydrogens (tertiary/aromatic N) is 1. The van der Waals surface area contributed by atoms with Crippen LogP contribution in [0.1, 0.15) is 24.0 Å². The number of hydrogen-bond donors (Lipinski definition) is 1. The van der Waals surface area contributed by atoms with Gasteiger partial charge in [0, 0.05) is 17.7 Å². The molecule has 1 unspecified atom stereocenters. The molecule has 18 heavy (non-hydrogen) atoms. The van der Waals surface area contributed by atoms with E-state index >= 15 is 0 Å². The minimum atomic E-state index is 0.470. The molecule has 0 amide bonds. The number of benzene rings is 1. The van der Waals surface area contributed by atoms with Gasteiger partial charge in [0.1, 0.15) is 0 Å². The zero-order valence-electron chi connectivity index (χ0n) is 10.8. The summed E-state index contributed by atoms with van der Waals surface area (Å²) in [5.74, 6) is 1.37. The Morgan fingerprint density at radius 3 is 2.78 bits per heavy atom. The van der Waals surface area contributed by atoms with Crippen LogP contribution in [0.3, 0.4) is 0 Å². The third-order valence-corrected chi connectivity index (χ3v) is 3.31. The van der Waals surface area contributed by atoms with Crippen molar-refractivity contribution in [3.05, 3.63) is 23.3 Å². The molecule has 1 heterocycles. The predicted octanol–water partition coefficient (Wildman–Crippen LogP) is 1.87. The van der Waals surface area contributed by atoms with Crippen molar-refractivity contribution in [2.45, 2.75) is 25.3 Å². The zero-order chi connectivity index (χ0) is 13.0. The molecule has 4 nitrogen and oxygen atoms in total. The van der Waals surface area contributed by atoms with Crippen LogP contribution in [-0.4, -0.2) is 26.8 Å². The fourth-order valence-corrected chi connectivity index (χ4v) is 2.46. The minimum Gasteiger partial charge on any atom is -0.493 e. The van der Waals surface area contributed by atoms with Crippen molar-refractivity contribution in [3.8, 4) is 17.6 Å². The van der Waals surface area contributed by atoms with E-state index in [-0.39, 0.29) is 0 Å². The number of nitriles is 1. The van der Waals surface area contributed by atoms with Gasteiger partial charge in [-0.3, -0.25) is 0 Å². The molecule has 1 aliphatic heterocycles. The Balaban J connectivity index is 2.33. The normalized spacial score (nSPS) is 18.4. The molecule has 2 rings (SSSR count). The Bertz CT molecular complexity index is 460. The molecular formula is C14H18N2O2. The van der Waals surface area contributed by atoms with Crippen LogP contribution in [0.4, 0.5) is 0 Å². The van der Waals surface area contributed by atoms with Gasteiger partial charge in [0.15, 0.2) is 11.5 Å². The van der Waals surface area contributed by atoms with Crippen molar-refractivity contribution < 1.29 is 9.47 Å². The van der Waals surface area contributed by atoms with Crippen LogP contribution in [0.5, 0.6) is 11.5 Å². The highest BCUT2D eigenvalue weighted by Crippen LogP contribution is 2.33. The first-order valence-electron chi connectivity index (χ1n) is 6.17. The van der Waals surface area contributed by atoms with E-state index in [0.29, 0.717) is 17.4 Å². The largest absolute Gasteiger partial charge is 0.493 e. The smallest absolute Gasteiger partial charge is 0.164 e. The summed E-state index contributed by atoms with van der Waals surface area (Å²) in [6.45, 7) is 1.07. The second-order valence-electron chi connectivity index (χ2n) is 4.48. The second kappa shape index (κ2) is 5.74. The van der Waals surface area contributed by atoms with Gasteiger partial charge in [-0.2, -0.15) is 5.26 Å². The van der Waals surface area contributed by atoms with Crippen molar-refractivity contribution >= 4 is 0 Å². The third-order valence-electron chi connectivity index (χ3n) is 3.31. The molecule has 1 aromatic rings. The highest BCUT2D eigenvalue weighted by molar-refractivity contribution is 5.52. The molecule has 1 N–H and O–H groups in total.